The first-order valence-corrected chi connectivity index (χ1v) is 7.40. The van der Waals surface area contributed by atoms with Crippen LogP contribution in [0, 0.1) is 0 Å². The summed E-state index contributed by atoms with van der Waals surface area (Å²) < 4.78 is 5.49. The third-order valence-electron chi connectivity index (χ3n) is 3.81. The lowest BCUT2D eigenvalue weighted by atomic mass is 9.81. The molecule has 1 heterocycles. The van der Waals surface area contributed by atoms with Gasteiger partial charge >= 0.3 is 0 Å². The number of rotatable bonds is 3. The van der Waals surface area contributed by atoms with Gasteiger partial charge < -0.3 is 9.84 Å². The molecule has 5 heteroatoms. The average Bonchev–Trinajstić information content (AvgIpc) is 2.90. The van der Waals surface area contributed by atoms with Crippen molar-refractivity contribution < 1.29 is 9.32 Å². The fourth-order valence-corrected chi connectivity index (χ4v) is 2.63. The SMILES string of the molecule is C=C=CC(=O)NC1(c2nc(C(C)(C)C)no2)CCCCC1. The Kier molecular flexibility index (Phi) is 4.33. The minimum Gasteiger partial charge on any atom is -0.338 e. The van der Waals surface area contributed by atoms with Gasteiger partial charge in [-0.2, -0.15) is 4.98 Å². The zero-order valence-corrected chi connectivity index (χ0v) is 13.0. The molecule has 21 heavy (non-hydrogen) atoms. The summed E-state index contributed by atoms with van der Waals surface area (Å²) in [6.45, 7) is 9.54. The Labute approximate surface area is 125 Å². The predicted molar refractivity (Wildman–Crippen MR) is 79.6 cm³/mol. The molecule has 2 rings (SSSR count). The van der Waals surface area contributed by atoms with Crippen molar-refractivity contribution in [3.05, 3.63) is 30.1 Å². The van der Waals surface area contributed by atoms with Gasteiger partial charge in [0.05, 0.1) is 0 Å². The zero-order valence-electron chi connectivity index (χ0n) is 13.0. The molecule has 0 unspecified atom stereocenters. The molecule has 0 aliphatic heterocycles. The van der Waals surface area contributed by atoms with Crippen molar-refractivity contribution in [1.82, 2.24) is 15.5 Å². The van der Waals surface area contributed by atoms with Crippen LogP contribution in [0.3, 0.4) is 0 Å². The molecule has 114 valence electrons. The molecule has 5 nitrogen and oxygen atoms in total. The first-order valence-electron chi connectivity index (χ1n) is 7.40. The molecule has 0 aromatic carbocycles. The van der Waals surface area contributed by atoms with Gasteiger partial charge in [0.25, 0.3) is 11.8 Å². The van der Waals surface area contributed by atoms with Crippen LogP contribution in [-0.2, 0) is 15.7 Å². The highest BCUT2D eigenvalue weighted by Gasteiger charge is 2.41. The molecular formula is C16H23N3O2. The second-order valence-electron chi connectivity index (χ2n) is 6.65. The molecule has 0 bridgehead atoms. The molecule has 1 saturated carbocycles. The number of hydrogen-bond donors (Lipinski definition) is 1. The summed E-state index contributed by atoms with van der Waals surface area (Å²) >= 11 is 0. The van der Waals surface area contributed by atoms with Crippen LogP contribution in [-0.4, -0.2) is 16.0 Å². The summed E-state index contributed by atoms with van der Waals surface area (Å²) in [7, 11) is 0. The average molecular weight is 289 g/mol. The molecule has 1 amide bonds. The quantitative estimate of drug-likeness (QED) is 0.686. The van der Waals surface area contributed by atoms with Crippen LogP contribution in [0.4, 0.5) is 0 Å². The summed E-state index contributed by atoms with van der Waals surface area (Å²) in [4.78, 5) is 16.5. The Hall–Kier alpha value is -1.87. The maximum Gasteiger partial charge on any atom is 0.252 e. The van der Waals surface area contributed by atoms with Gasteiger partial charge in [0.15, 0.2) is 5.82 Å². The Bertz CT molecular complexity index is 556. The lowest BCUT2D eigenvalue weighted by molar-refractivity contribution is -0.119. The van der Waals surface area contributed by atoms with E-state index in [-0.39, 0.29) is 11.3 Å². The van der Waals surface area contributed by atoms with E-state index >= 15 is 0 Å². The molecule has 1 aromatic rings. The van der Waals surface area contributed by atoms with Gasteiger partial charge in [0.1, 0.15) is 5.54 Å². The van der Waals surface area contributed by atoms with E-state index in [9.17, 15) is 4.79 Å². The molecule has 1 N–H and O–H groups in total. The predicted octanol–water partition coefficient (Wildman–Crippen LogP) is 2.98. The van der Waals surface area contributed by atoms with Crippen LogP contribution < -0.4 is 5.32 Å². The van der Waals surface area contributed by atoms with E-state index in [1.165, 1.54) is 6.08 Å². The second-order valence-corrected chi connectivity index (χ2v) is 6.65. The number of carbonyl (C=O) groups excluding carboxylic acids is 1. The summed E-state index contributed by atoms with van der Waals surface area (Å²) in [5, 5.41) is 7.11. The summed E-state index contributed by atoms with van der Waals surface area (Å²) in [6.07, 6.45) is 6.16. The van der Waals surface area contributed by atoms with E-state index in [2.05, 4.69) is 27.8 Å². The van der Waals surface area contributed by atoms with Crippen LogP contribution >= 0.6 is 0 Å². The molecule has 1 aromatic heterocycles. The molecular weight excluding hydrogens is 266 g/mol. The fraction of sp³-hybridized carbons (Fsp3) is 0.625. The highest BCUT2D eigenvalue weighted by Crippen LogP contribution is 2.37. The third-order valence-corrected chi connectivity index (χ3v) is 3.81. The van der Waals surface area contributed by atoms with Crippen molar-refractivity contribution in [1.29, 1.82) is 0 Å². The monoisotopic (exact) mass is 289 g/mol. The summed E-state index contributed by atoms with van der Waals surface area (Å²) in [6, 6.07) is 0. The minimum absolute atomic E-state index is 0.178. The van der Waals surface area contributed by atoms with E-state index in [1.807, 2.05) is 20.8 Å². The molecule has 0 spiro atoms. The molecule has 1 aliphatic rings. The maximum atomic E-state index is 11.9. The van der Waals surface area contributed by atoms with E-state index in [0.717, 1.165) is 32.1 Å². The zero-order chi connectivity index (χ0) is 15.5. The summed E-state index contributed by atoms with van der Waals surface area (Å²) in [5.41, 5.74) is 1.77. The van der Waals surface area contributed by atoms with Crippen molar-refractivity contribution in [3.8, 4) is 0 Å². The molecule has 0 atom stereocenters. The lowest BCUT2D eigenvalue weighted by Gasteiger charge is -2.34. The summed E-state index contributed by atoms with van der Waals surface area (Å²) in [5.74, 6) is 0.955. The number of carbonyl (C=O) groups is 1. The Morgan fingerprint density at radius 2 is 2.05 bits per heavy atom. The molecule has 1 aliphatic carbocycles. The number of aromatic nitrogens is 2. The van der Waals surface area contributed by atoms with Crippen LogP contribution in [0.15, 0.2) is 22.9 Å². The number of nitrogens with one attached hydrogen (secondary N) is 1. The number of amides is 1. The first kappa shape index (κ1) is 15.5. The Morgan fingerprint density at radius 3 is 2.57 bits per heavy atom. The van der Waals surface area contributed by atoms with Crippen molar-refractivity contribution in [2.24, 2.45) is 0 Å². The van der Waals surface area contributed by atoms with Crippen molar-refractivity contribution >= 4 is 5.91 Å². The number of hydrogen-bond acceptors (Lipinski definition) is 4. The Balaban J connectivity index is 2.33. The van der Waals surface area contributed by atoms with Crippen LogP contribution in [0.5, 0.6) is 0 Å². The van der Waals surface area contributed by atoms with E-state index in [1.54, 1.807) is 0 Å². The topological polar surface area (TPSA) is 68.0 Å². The fourth-order valence-electron chi connectivity index (χ4n) is 2.63. The number of nitrogens with zero attached hydrogens (tertiary/aromatic N) is 2. The van der Waals surface area contributed by atoms with Crippen molar-refractivity contribution in [2.75, 3.05) is 0 Å². The lowest BCUT2D eigenvalue weighted by Crippen LogP contribution is -2.47. The highest BCUT2D eigenvalue weighted by molar-refractivity contribution is 5.87. The van der Waals surface area contributed by atoms with Crippen LogP contribution in [0.1, 0.15) is 64.6 Å². The van der Waals surface area contributed by atoms with Gasteiger partial charge in [-0.05, 0) is 12.8 Å². The minimum atomic E-state index is -0.556. The standard InChI is InChI=1S/C16H23N3O2/c1-5-9-12(20)18-16(10-7-6-8-11-16)14-17-13(19-21-14)15(2,3)4/h9H,1,6-8,10-11H2,2-4H3,(H,18,20). The normalized spacial score (nSPS) is 17.9. The van der Waals surface area contributed by atoms with Crippen LogP contribution in [0.25, 0.3) is 0 Å². The molecule has 0 saturated heterocycles. The molecule has 1 fully saturated rings. The first-order chi connectivity index (χ1) is 9.87. The van der Waals surface area contributed by atoms with E-state index < -0.39 is 5.54 Å². The molecule has 0 radical (unpaired) electrons. The maximum absolute atomic E-state index is 11.9. The van der Waals surface area contributed by atoms with E-state index in [4.69, 9.17) is 4.52 Å². The van der Waals surface area contributed by atoms with Crippen molar-refractivity contribution in [3.63, 3.8) is 0 Å². The van der Waals surface area contributed by atoms with Gasteiger partial charge in [-0.1, -0.05) is 51.8 Å². The van der Waals surface area contributed by atoms with Crippen LogP contribution in [0.2, 0.25) is 0 Å². The van der Waals surface area contributed by atoms with E-state index in [0.29, 0.717) is 11.7 Å². The third kappa shape index (κ3) is 3.42. The van der Waals surface area contributed by atoms with Gasteiger partial charge in [-0.15, -0.1) is 5.73 Å². The second kappa shape index (κ2) is 5.86. The van der Waals surface area contributed by atoms with Gasteiger partial charge in [-0.25, -0.2) is 0 Å². The van der Waals surface area contributed by atoms with Gasteiger partial charge in [0, 0.05) is 11.5 Å². The van der Waals surface area contributed by atoms with Crippen molar-refractivity contribution in [2.45, 2.75) is 63.8 Å². The van der Waals surface area contributed by atoms with Gasteiger partial charge in [0.2, 0.25) is 0 Å². The highest BCUT2D eigenvalue weighted by atomic mass is 16.5. The van der Waals surface area contributed by atoms with Gasteiger partial charge in [-0.3, -0.25) is 4.79 Å². The smallest absolute Gasteiger partial charge is 0.252 e. The Morgan fingerprint density at radius 1 is 1.38 bits per heavy atom. The largest absolute Gasteiger partial charge is 0.338 e.